The van der Waals surface area contributed by atoms with E-state index in [-0.39, 0.29) is 0 Å². The van der Waals surface area contributed by atoms with Crippen LogP contribution in [0.3, 0.4) is 0 Å². The lowest BCUT2D eigenvalue weighted by Crippen LogP contribution is -2.49. The average Bonchev–Trinajstić information content (AvgIpc) is 2.62. The lowest BCUT2D eigenvalue weighted by molar-refractivity contribution is 0.176. The number of nitrogens with one attached hydrogen (secondary N) is 1. The predicted octanol–water partition coefficient (Wildman–Crippen LogP) is 2.07. The Morgan fingerprint density at radius 2 is 1.93 bits per heavy atom. The topological polar surface area (TPSA) is 15.3 Å². The second kappa shape index (κ2) is 3.86. The average molecular weight is 204 g/mol. The molecule has 0 aliphatic carbocycles. The van der Waals surface area contributed by atoms with E-state index in [1.165, 1.54) is 37.2 Å². The predicted molar refractivity (Wildman–Crippen MR) is 64.6 cm³/mol. The molecule has 0 radical (unpaired) electrons. The Kier molecular flexibility index (Phi) is 2.70. The largest absolute Gasteiger partial charge is 0.379 e. The zero-order valence-corrected chi connectivity index (χ0v) is 9.55. The molecule has 0 aromatic heterocycles. The highest BCUT2D eigenvalue weighted by molar-refractivity contribution is 5.38. The highest BCUT2D eigenvalue weighted by Crippen LogP contribution is 2.36. The van der Waals surface area contributed by atoms with E-state index in [9.17, 15) is 0 Å². The Morgan fingerprint density at radius 3 is 2.40 bits per heavy atom. The Bertz CT molecular complexity index is 284. The van der Waals surface area contributed by atoms with Crippen LogP contribution < -0.4 is 5.32 Å². The molecule has 1 N–H and O–H groups in total. The lowest BCUT2D eigenvalue weighted by atomic mass is 9.84. The van der Waals surface area contributed by atoms with Gasteiger partial charge in [0.15, 0.2) is 0 Å². The maximum Gasteiger partial charge on any atom is 0.0439 e. The Hall–Kier alpha value is -1.02. The highest BCUT2D eigenvalue weighted by Gasteiger charge is 2.38. The molecule has 0 unspecified atom stereocenters. The van der Waals surface area contributed by atoms with Crippen molar-refractivity contribution in [2.75, 3.05) is 20.1 Å². The molecule has 0 aromatic carbocycles. The number of hydrogen-bond donors (Lipinski definition) is 1. The first-order valence-corrected chi connectivity index (χ1v) is 5.64. The Balaban J connectivity index is 2.10. The van der Waals surface area contributed by atoms with E-state index in [2.05, 4.69) is 30.4 Å². The summed E-state index contributed by atoms with van der Waals surface area (Å²) < 4.78 is 0. The molecule has 1 spiro atoms. The molecule has 1 fully saturated rings. The summed E-state index contributed by atoms with van der Waals surface area (Å²) in [5, 5.41) is 3.64. The standard InChI is InChI=1S/C13H20N2/c1-4-11-10-13(14-12(11)5-2)6-8-15(3)9-7-13/h4-5,14H,1-2,6-10H2,3H3. The number of allylic oxidation sites excluding steroid dienone is 2. The summed E-state index contributed by atoms with van der Waals surface area (Å²) in [6, 6.07) is 0. The number of hydrogen-bond acceptors (Lipinski definition) is 2. The van der Waals surface area contributed by atoms with Crippen LogP contribution in [0.2, 0.25) is 0 Å². The van der Waals surface area contributed by atoms with Gasteiger partial charge < -0.3 is 10.2 Å². The highest BCUT2D eigenvalue weighted by atomic mass is 15.1. The molecule has 0 atom stereocenters. The summed E-state index contributed by atoms with van der Waals surface area (Å²) in [4.78, 5) is 2.40. The van der Waals surface area contributed by atoms with E-state index in [4.69, 9.17) is 0 Å². The van der Waals surface area contributed by atoms with Gasteiger partial charge in [-0.25, -0.2) is 0 Å². The first-order valence-electron chi connectivity index (χ1n) is 5.64. The molecule has 0 saturated carbocycles. The van der Waals surface area contributed by atoms with Crippen molar-refractivity contribution in [3.63, 3.8) is 0 Å². The first kappa shape index (κ1) is 10.5. The molecule has 1 saturated heterocycles. The molecule has 2 heteroatoms. The molecule has 2 aliphatic heterocycles. The summed E-state index contributed by atoms with van der Waals surface area (Å²) in [5.41, 5.74) is 2.81. The van der Waals surface area contributed by atoms with Gasteiger partial charge in [-0.05, 0) is 38.0 Å². The van der Waals surface area contributed by atoms with Gasteiger partial charge in [-0.3, -0.25) is 0 Å². The fraction of sp³-hybridized carbons (Fsp3) is 0.538. The van der Waals surface area contributed by atoms with Crippen molar-refractivity contribution >= 4 is 0 Å². The molecule has 82 valence electrons. The number of rotatable bonds is 2. The second-order valence-electron chi connectivity index (χ2n) is 4.73. The third-order valence-electron chi connectivity index (χ3n) is 3.67. The van der Waals surface area contributed by atoms with Crippen LogP contribution >= 0.6 is 0 Å². The van der Waals surface area contributed by atoms with Gasteiger partial charge in [0.05, 0.1) is 0 Å². The zero-order valence-electron chi connectivity index (χ0n) is 9.55. The van der Waals surface area contributed by atoms with Crippen molar-refractivity contribution in [3.8, 4) is 0 Å². The summed E-state index contributed by atoms with van der Waals surface area (Å²) in [6.45, 7) is 10.1. The van der Waals surface area contributed by atoms with E-state index < -0.39 is 0 Å². The maximum absolute atomic E-state index is 3.88. The van der Waals surface area contributed by atoms with Crippen molar-refractivity contribution < 1.29 is 0 Å². The van der Waals surface area contributed by atoms with Gasteiger partial charge in [-0.2, -0.15) is 0 Å². The monoisotopic (exact) mass is 204 g/mol. The molecular weight excluding hydrogens is 184 g/mol. The van der Waals surface area contributed by atoms with Gasteiger partial charge in [-0.1, -0.05) is 19.2 Å². The van der Waals surface area contributed by atoms with E-state index in [0.29, 0.717) is 5.54 Å². The maximum atomic E-state index is 3.88. The zero-order chi connectivity index (χ0) is 10.9. The molecule has 0 amide bonds. The second-order valence-corrected chi connectivity index (χ2v) is 4.73. The fourth-order valence-corrected chi connectivity index (χ4v) is 2.58. The van der Waals surface area contributed by atoms with Crippen LogP contribution in [-0.4, -0.2) is 30.6 Å². The van der Waals surface area contributed by atoms with Crippen molar-refractivity contribution in [1.82, 2.24) is 10.2 Å². The van der Waals surface area contributed by atoms with Crippen molar-refractivity contribution in [1.29, 1.82) is 0 Å². The molecular formula is C13H20N2. The van der Waals surface area contributed by atoms with E-state index >= 15 is 0 Å². The van der Waals surface area contributed by atoms with E-state index in [1.807, 2.05) is 12.2 Å². The summed E-state index contributed by atoms with van der Waals surface area (Å²) in [5.74, 6) is 0. The first-order chi connectivity index (χ1) is 7.19. The number of nitrogens with zero attached hydrogens (tertiary/aromatic N) is 1. The number of piperidine rings is 1. The van der Waals surface area contributed by atoms with Gasteiger partial charge in [0.25, 0.3) is 0 Å². The summed E-state index contributed by atoms with van der Waals surface area (Å²) >= 11 is 0. The lowest BCUT2D eigenvalue weighted by Gasteiger charge is -2.38. The smallest absolute Gasteiger partial charge is 0.0439 e. The van der Waals surface area contributed by atoms with Crippen molar-refractivity contribution in [2.45, 2.75) is 24.8 Å². The van der Waals surface area contributed by atoms with Crippen LogP contribution in [0.5, 0.6) is 0 Å². The van der Waals surface area contributed by atoms with Gasteiger partial charge in [0.2, 0.25) is 0 Å². The minimum absolute atomic E-state index is 0.291. The van der Waals surface area contributed by atoms with Crippen LogP contribution in [0.4, 0.5) is 0 Å². The third kappa shape index (κ3) is 1.86. The fourth-order valence-electron chi connectivity index (χ4n) is 2.58. The minimum atomic E-state index is 0.291. The van der Waals surface area contributed by atoms with Gasteiger partial charge in [0.1, 0.15) is 0 Å². The minimum Gasteiger partial charge on any atom is -0.379 e. The van der Waals surface area contributed by atoms with Crippen molar-refractivity contribution in [2.24, 2.45) is 0 Å². The quantitative estimate of drug-likeness (QED) is 0.741. The summed E-state index contributed by atoms with van der Waals surface area (Å²) in [7, 11) is 2.19. The molecule has 2 aliphatic rings. The van der Waals surface area contributed by atoms with Crippen LogP contribution in [0.15, 0.2) is 36.6 Å². The van der Waals surface area contributed by atoms with Crippen LogP contribution in [0.25, 0.3) is 0 Å². The van der Waals surface area contributed by atoms with Gasteiger partial charge in [0, 0.05) is 24.3 Å². The van der Waals surface area contributed by atoms with Crippen LogP contribution in [0, 0.1) is 0 Å². The molecule has 2 rings (SSSR count). The van der Waals surface area contributed by atoms with E-state index in [0.717, 1.165) is 6.42 Å². The number of likely N-dealkylation sites (tertiary alicyclic amines) is 1. The Morgan fingerprint density at radius 1 is 1.27 bits per heavy atom. The normalized spacial score (nSPS) is 25.4. The SMILES string of the molecule is C=CC1=C(C=C)NC2(CCN(C)CC2)C1. The van der Waals surface area contributed by atoms with Gasteiger partial charge >= 0.3 is 0 Å². The molecule has 0 aromatic rings. The Labute approximate surface area is 92.3 Å². The van der Waals surface area contributed by atoms with Crippen LogP contribution in [-0.2, 0) is 0 Å². The van der Waals surface area contributed by atoms with Gasteiger partial charge in [-0.15, -0.1) is 0 Å². The molecule has 15 heavy (non-hydrogen) atoms. The molecule has 0 bridgehead atoms. The van der Waals surface area contributed by atoms with E-state index in [1.54, 1.807) is 0 Å². The van der Waals surface area contributed by atoms with Crippen LogP contribution in [0.1, 0.15) is 19.3 Å². The summed E-state index contributed by atoms with van der Waals surface area (Å²) in [6.07, 6.45) is 7.45. The molecule has 2 nitrogen and oxygen atoms in total. The van der Waals surface area contributed by atoms with Crippen molar-refractivity contribution in [3.05, 3.63) is 36.6 Å². The third-order valence-corrected chi connectivity index (χ3v) is 3.67. The molecule has 2 heterocycles.